The first kappa shape index (κ1) is 15.6. The van der Waals surface area contributed by atoms with Crippen LogP contribution in [0.4, 0.5) is 0 Å². The van der Waals surface area contributed by atoms with E-state index >= 15 is 0 Å². The minimum atomic E-state index is 0.434. The van der Waals surface area contributed by atoms with Crippen molar-refractivity contribution >= 4 is 5.96 Å². The molecule has 4 nitrogen and oxygen atoms in total. The Hall–Kier alpha value is -0.770. The van der Waals surface area contributed by atoms with Crippen LogP contribution in [0.3, 0.4) is 0 Å². The molecule has 116 valence electrons. The van der Waals surface area contributed by atoms with Gasteiger partial charge < -0.3 is 15.1 Å². The Morgan fingerprint density at radius 3 is 2.50 bits per heavy atom. The predicted molar refractivity (Wildman–Crippen MR) is 86.2 cm³/mol. The Morgan fingerprint density at radius 2 is 1.95 bits per heavy atom. The first-order chi connectivity index (χ1) is 9.50. The van der Waals surface area contributed by atoms with Crippen molar-refractivity contribution in [1.29, 1.82) is 0 Å². The highest BCUT2D eigenvalue weighted by atomic mass is 15.3. The molecule has 0 aromatic carbocycles. The van der Waals surface area contributed by atoms with Crippen LogP contribution in [0.2, 0.25) is 0 Å². The molecule has 4 heteroatoms. The fraction of sp³-hybridized carbons (Fsp3) is 0.938. The zero-order valence-corrected chi connectivity index (χ0v) is 13.8. The lowest BCUT2D eigenvalue weighted by atomic mass is 9.93. The van der Waals surface area contributed by atoms with Gasteiger partial charge in [-0.2, -0.15) is 0 Å². The van der Waals surface area contributed by atoms with Gasteiger partial charge in [-0.05, 0) is 57.7 Å². The van der Waals surface area contributed by atoms with Crippen LogP contribution in [0.25, 0.3) is 0 Å². The molecule has 0 radical (unpaired) electrons. The van der Waals surface area contributed by atoms with Gasteiger partial charge in [0.2, 0.25) is 0 Å². The van der Waals surface area contributed by atoms with E-state index in [4.69, 9.17) is 4.99 Å². The second kappa shape index (κ2) is 6.79. The summed E-state index contributed by atoms with van der Waals surface area (Å²) in [5.74, 6) is 1.91. The van der Waals surface area contributed by atoms with Crippen molar-refractivity contribution in [2.75, 3.05) is 46.3 Å². The normalized spacial score (nSPS) is 25.2. The first-order valence-corrected chi connectivity index (χ1v) is 8.22. The van der Waals surface area contributed by atoms with Crippen molar-refractivity contribution in [3.8, 4) is 0 Å². The summed E-state index contributed by atoms with van der Waals surface area (Å²) in [5.41, 5.74) is 0.434. The molecule has 0 atom stereocenters. The molecule has 0 aliphatic carbocycles. The maximum absolute atomic E-state index is 4.92. The molecule has 0 bridgehead atoms. The van der Waals surface area contributed by atoms with Crippen LogP contribution in [0, 0.1) is 11.3 Å². The third kappa shape index (κ3) is 4.37. The van der Waals surface area contributed by atoms with Crippen molar-refractivity contribution < 1.29 is 0 Å². The van der Waals surface area contributed by atoms with Crippen molar-refractivity contribution in [2.45, 2.75) is 40.0 Å². The summed E-state index contributed by atoms with van der Waals surface area (Å²) < 4.78 is 0. The van der Waals surface area contributed by atoms with E-state index in [-0.39, 0.29) is 0 Å². The van der Waals surface area contributed by atoms with Crippen molar-refractivity contribution in [1.82, 2.24) is 15.1 Å². The maximum Gasteiger partial charge on any atom is 0.193 e. The lowest BCUT2D eigenvalue weighted by Crippen LogP contribution is -2.41. The zero-order chi connectivity index (χ0) is 14.6. The number of hydrogen-bond donors (Lipinski definition) is 1. The lowest BCUT2D eigenvalue weighted by Gasteiger charge is -2.29. The van der Waals surface area contributed by atoms with Gasteiger partial charge in [-0.15, -0.1) is 0 Å². The average molecular weight is 280 g/mol. The third-order valence-electron chi connectivity index (χ3n) is 4.65. The molecule has 1 N–H and O–H groups in total. The number of rotatable bonds is 3. The smallest absolute Gasteiger partial charge is 0.193 e. The predicted octanol–water partition coefficient (Wildman–Crippen LogP) is 2.03. The quantitative estimate of drug-likeness (QED) is 0.634. The number of hydrogen-bond acceptors (Lipinski definition) is 2. The summed E-state index contributed by atoms with van der Waals surface area (Å²) in [4.78, 5) is 9.79. The largest absolute Gasteiger partial charge is 0.357 e. The molecule has 0 spiro atoms. The third-order valence-corrected chi connectivity index (χ3v) is 4.65. The molecule has 0 aromatic heterocycles. The highest BCUT2D eigenvalue weighted by Crippen LogP contribution is 2.28. The molecule has 2 heterocycles. The molecular formula is C16H32N4. The van der Waals surface area contributed by atoms with E-state index in [1.807, 2.05) is 0 Å². The van der Waals surface area contributed by atoms with Gasteiger partial charge in [-0.3, -0.25) is 4.99 Å². The van der Waals surface area contributed by atoms with Crippen LogP contribution in [-0.2, 0) is 0 Å². The average Bonchev–Trinajstić information content (AvgIpc) is 2.77. The fourth-order valence-corrected chi connectivity index (χ4v) is 3.18. The Balaban J connectivity index is 1.89. The topological polar surface area (TPSA) is 30.9 Å². The van der Waals surface area contributed by atoms with Gasteiger partial charge in [-0.1, -0.05) is 13.8 Å². The summed E-state index contributed by atoms with van der Waals surface area (Å²) in [6.07, 6.45) is 3.86. The summed E-state index contributed by atoms with van der Waals surface area (Å²) >= 11 is 0. The number of nitrogens with one attached hydrogen (secondary N) is 1. The van der Waals surface area contributed by atoms with Gasteiger partial charge in [0, 0.05) is 26.2 Å². The second-order valence-electron chi connectivity index (χ2n) is 7.28. The number of likely N-dealkylation sites (tertiary alicyclic amines) is 2. The molecule has 2 fully saturated rings. The van der Waals surface area contributed by atoms with E-state index in [2.05, 4.69) is 42.9 Å². The molecule has 2 aliphatic heterocycles. The van der Waals surface area contributed by atoms with E-state index in [0.29, 0.717) is 5.41 Å². The van der Waals surface area contributed by atoms with Crippen LogP contribution >= 0.6 is 0 Å². The Bertz CT molecular complexity index is 329. The Morgan fingerprint density at radius 1 is 1.25 bits per heavy atom. The highest BCUT2D eigenvalue weighted by Gasteiger charge is 2.31. The second-order valence-corrected chi connectivity index (χ2v) is 7.28. The summed E-state index contributed by atoms with van der Waals surface area (Å²) in [6.45, 7) is 13.6. The highest BCUT2D eigenvalue weighted by molar-refractivity contribution is 5.80. The van der Waals surface area contributed by atoms with Gasteiger partial charge >= 0.3 is 0 Å². The van der Waals surface area contributed by atoms with E-state index in [0.717, 1.165) is 38.1 Å². The number of piperidine rings is 1. The molecule has 2 saturated heterocycles. The van der Waals surface area contributed by atoms with Crippen LogP contribution in [0.5, 0.6) is 0 Å². The number of guanidine groups is 1. The lowest BCUT2D eigenvalue weighted by molar-refractivity contribution is 0.223. The van der Waals surface area contributed by atoms with Crippen LogP contribution in [0.15, 0.2) is 4.99 Å². The molecular weight excluding hydrogens is 248 g/mol. The fourth-order valence-electron chi connectivity index (χ4n) is 3.18. The Kier molecular flexibility index (Phi) is 5.30. The van der Waals surface area contributed by atoms with E-state index in [9.17, 15) is 0 Å². The van der Waals surface area contributed by atoms with E-state index in [1.54, 1.807) is 0 Å². The number of aliphatic imine (C=N–C) groups is 1. The van der Waals surface area contributed by atoms with Crippen molar-refractivity contribution in [2.24, 2.45) is 16.3 Å². The minimum absolute atomic E-state index is 0.434. The van der Waals surface area contributed by atoms with Gasteiger partial charge in [0.25, 0.3) is 0 Å². The maximum atomic E-state index is 4.92. The van der Waals surface area contributed by atoms with Crippen LogP contribution in [-0.4, -0.2) is 62.1 Å². The summed E-state index contributed by atoms with van der Waals surface area (Å²) in [6, 6.07) is 0. The van der Waals surface area contributed by atoms with Gasteiger partial charge in [0.15, 0.2) is 5.96 Å². The molecule has 0 aromatic rings. The van der Waals surface area contributed by atoms with Crippen molar-refractivity contribution in [3.05, 3.63) is 0 Å². The van der Waals surface area contributed by atoms with Gasteiger partial charge in [0.05, 0.1) is 0 Å². The summed E-state index contributed by atoms with van der Waals surface area (Å²) in [7, 11) is 2.22. The van der Waals surface area contributed by atoms with Gasteiger partial charge in [-0.25, -0.2) is 0 Å². The molecule has 0 unspecified atom stereocenters. The van der Waals surface area contributed by atoms with Crippen LogP contribution < -0.4 is 5.32 Å². The molecule has 2 aliphatic rings. The number of nitrogens with zero attached hydrogens (tertiary/aromatic N) is 3. The monoisotopic (exact) mass is 280 g/mol. The van der Waals surface area contributed by atoms with Crippen LogP contribution in [0.1, 0.15) is 40.0 Å². The summed E-state index contributed by atoms with van der Waals surface area (Å²) in [5, 5.41) is 3.48. The SMILES string of the molecule is CCNC(=NCC1CCN(C)CC1)N1CCC(C)(C)C1. The van der Waals surface area contributed by atoms with Crippen molar-refractivity contribution in [3.63, 3.8) is 0 Å². The Labute approximate surface area is 124 Å². The standard InChI is InChI=1S/C16H32N4/c1-5-17-15(20-11-8-16(2,3)13-20)18-12-14-6-9-19(4)10-7-14/h14H,5-13H2,1-4H3,(H,17,18). The van der Waals surface area contributed by atoms with E-state index in [1.165, 1.54) is 32.4 Å². The first-order valence-electron chi connectivity index (χ1n) is 8.22. The molecule has 0 saturated carbocycles. The molecule has 2 rings (SSSR count). The molecule has 0 amide bonds. The van der Waals surface area contributed by atoms with E-state index < -0.39 is 0 Å². The van der Waals surface area contributed by atoms with Gasteiger partial charge in [0.1, 0.15) is 0 Å². The molecule has 20 heavy (non-hydrogen) atoms. The minimum Gasteiger partial charge on any atom is -0.357 e. The zero-order valence-electron chi connectivity index (χ0n) is 13.8.